The van der Waals surface area contributed by atoms with Crippen molar-refractivity contribution in [1.29, 1.82) is 0 Å². The number of rotatable bonds is 4. The number of carboxylic acids is 1. The first-order chi connectivity index (χ1) is 9.40. The third kappa shape index (κ3) is 2.64. The third-order valence-corrected chi connectivity index (χ3v) is 3.44. The molecule has 1 aromatic heterocycles. The number of nitrogens with zero attached hydrogens (tertiary/aromatic N) is 1. The summed E-state index contributed by atoms with van der Waals surface area (Å²) in [6, 6.07) is 3.23. The summed E-state index contributed by atoms with van der Waals surface area (Å²) in [4.78, 5) is 23.2. The molecule has 0 aliphatic heterocycles. The first-order valence-corrected chi connectivity index (χ1v) is 6.37. The van der Waals surface area contributed by atoms with Crippen molar-refractivity contribution in [2.45, 2.75) is 26.8 Å². The fraction of sp³-hybridized carbons (Fsp3) is 0.357. The van der Waals surface area contributed by atoms with Gasteiger partial charge in [-0.3, -0.25) is 14.7 Å². The van der Waals surface area contributed by atoms with Crippen LogP contribution < -0.4 is 5.32 Å². The number of carbonyl (C=O) groups is 2. The van der Waals surface area contributed by atoms with Crippen molar-refractivity contribution in [3.8, 4) is 0 Å². The predicted octanol–water partition coefficient (Wildman–Crippen LogP) is 1.71. The molecule has 0 saturated heterocycles. The minimum absolute atomic E-state index is 0.302. The van der Waals surface area contributed by atoms with Crippen LogP contribution in [0.15, 0.2) is 18.3 Å². The third-order valence-electron chi connectivity index (χ3n) is 3.44. The molecule has 2 aromatic rings. The minimum Gasteiger partial charge on any atom is -0.481 e. The molecule has 3 N–H and O–H groups in total. The molecular formula is C14H17N3O3. The van der Waals surface area contributed by atoms with E-state index in [0.717, 1.165) is 10.9 Å². The highest BCUT2D eigenvalue weighted by molar-refractivity contribution is 6.05. The van der Waals surface area contributed by atoms with E-state index in [2.05, 4.69) is 15.5 Å². The SMILES string of the molecule is Cc1cc(C(=O)NC(C)C(C)C(=O)O)c2[nH]ncc2c1. The van der Waals surface area contributed by atoms with Crippen LogP contribution in [-0.2, 0) is 4.79 Å². The van der Waals surface area contributed by atoms with Crippen molar-refractivity contribution < 1.29 is 14.7 Å². The topological polar surface area (TPSA) is 95.1 Å². The van der Waals surface area contributed by atoms with Crippen LogP contribution in [0.4, 0.5) is 0 Å². The number of benzene rings is 1. The van der Waals surface area contributed by atoms with Gasteiger partial charge in [0.25, 0.3) is 5.91 Å². The second kappa shape index (κ2) is 5.32. The quantitative estimate of drug-likeness (QED) is 0.791. The number of carboxylic acid groups (broad SMARTS) is 1. The fourth-order valence-electron chi connectivity index (χ4n) is 2.01. The van der Waals surface area contributed by atoms with E-state index in [-0.39, 0.29) is 5.91 Å². The van der Waals surface area contributed by atoms with Gasteiger partial charge in [-0.05, 0) is 38.5 Å². The maximum absolute atomic E-state index is 12.3. The number of aryl methyl sites for hydroxylation is 1. The zero-order valence-corrected chi connectivity index (χ0v) is 11.6. The van der Waals surface area contributed by atoms with Gasteiger partial charge < -0.3 is 10.4 Å². The largest absolute Gasteiger partial charge is 0.481 e. The van der Waals surface area contributed by atoms with Crippen molar-refractivity contribution >= 4 is 22.8 Å². The van der Waals surface area contributed by atoms with Crippen LogP contribution in [0.25, 0.3) is 10.9 Å². The Morgan fingerprint density at radius 2 is 2.05 bits per heavy atom. The Hall–Kier alpha value is -2.37. The van der Waals surface area contributed by atoms with Crippen LogP contribution in [0.1, 0.15) is 29.8 Å². The number of hydrogen-bond acceptors (Lipinski definition) is 3. The minimum atomic E-state index is -0.936. The van der Waals surface area contributed by atoms with Gasteiger partial charge in [0.1, 0.15) is 0 Å². The van der Waals surface area contributed by atoms with Crippen molar-refractivity contribution in [2.75, 3.05) is 0 Å². The van der Waals surface area contributed by atoms with Gasteiger partial charge in [-0.15, -0.1) is 0 Å². The monoisotopic (exact) mass is 275 g/mol. The standard InChI is InChI=1S/C14H17N3O3/c1-7-4-10-6-15-17-12(10)11(5-7)13(18)16-9(3)8(2)14(19)20/h4-6,8-9H,1-3H3,(H,15,17)(H,16,18)(H,19,20). The fourth-order valence-corrected chi connectivity index (χ4v) is 2.01. The summed E-state index contributed by atoms with van der Waals surface area (Å²) < 4.78 is 0. The summed E-state index contributed by atoms with van der Waals surface area (Å²) in [5, 5.41) is 19.2. The Balaban J connectivity index is 2.28. The Morgan fingerprint density at radius 1 is 1.35 bits per heavy atom. The number of nitrogens with one attached hydrogen (secondary N) is 2. The van der Waals surface area contributed by atoms with Gasteiger partial charge in [-0.25, -0.2) is 0 Å². The van der Waals surface area contributed by atoms with E-state index in [0.29, 0.717) is 11.1 Å². The molecule has 106 valence electrons. The van der Waals surface area contributed by atoms with Gasteiger partial charge in [0.15, 0.2) is 0 Å². The molecule has 1 heterocycles. The second-order valence-electron chi connectivity index (χ2n) is 5.04. The molecule has 1 aromatic carbocycles. The van der Waals surface area contributed by atoms with Crippen LogP contribution in [0.3, 0.4) is 0 Å². The molecule has 6 nitrogen and oxygen atoms in total. The molecule has 0 spiro atoms. The molecule has 0 aliphatic rings. The van der Waals surface area contributed by atoms with E-state index in [1.54, 1.807) is 26.1 Å². The molecule has 0 fully saturated rings. The summed E-state index contributed by atoms with van der Waals surface area (Å²) in [6.45, 7) is 5.14. The second-order valence-corrected chi connectivity index (χ2v) is 5.04. The van der Waals surface area contributed by atoms with Crippen LogP contribution >= 0.6 is 0 Å². The molecule has 20 heavy (non-hydrogen) atoms. The number of aromatic amines is 1. The van der Waals surface area contributed by atoms with E-state index in [1.165, 1.54) is 0 Å². The van der Waals surface area contributed by atoms with Crippen molar-refractivity contribution in [3.63, 3.8) is 0 Å². The summed E-state index contributed by atoms with van der Waals surface area (Å²) in [7, 11) is 0. The lowest BCUT2D eigenvalue weighted by molar-refractivity contribution is -0.141. The average molecular weight is 275 g/mol. The Kier molecular flexibility index (Phi) is 3.74. The lowest BCUT2D eigenvalue weighted by Crippen LogP contribution is -2.40. The molecule has 2 rings (SSSR count). The van der Waals surface area contributed by atoms with Gasteiger partial charge in [0.05, 0.1) is 23.2 Å². The number of fused-ring (bicyclic) bond motifs is 1. The lowest BCUT2D eigenvalue weighted by Gasteiger charge is -2.18. The number of aromatic nitrogens is 2. The zero-order valence-electron chi connectivity index (χ0n) is 11.6. The molecular weight excluding hydrogens is 258 g/mol. The normalized spacial score (nSPS) is 13.9. The molecule has 6 heteroatoms. The molecule has 2 unspecified atom stereocenters. The molecule has 2 atom stereocenters. The first-order valence-electron chi connectivity index (χ1n) is 6.37. The van der Waals surface area contributed by atoms with Gasteiger partial charge >= 0.3 is 5.97 Å². The smallest absolute Gasteiger partial charge is 0.308 e. The molecule has 0 saturated carbocycles. The van der Waals surface area contributed by atoms with Crippen molar-refractivity contribution in [2.24, 2.45) is 5.92 Å². The van der Waals surface area contributed by atoms with Gasteiger partial charge in [0, 0.05) is 11.4 Å². The summed E-state index contributed by atoms with van der Waals surface area (Å²) in [6.07, 6.45) is 1.66. The number of carbonyl (C=O) groups excluding carboxylic acids is 1. The van der Waals surface area contributed by atoms with Crippen LogP contribution in [-0.4, -0.2) is 33.2 Å². The maximum Gasteiger partial charge on any atom is 0.308 e. The van der Waals surface area contributed by atoms with E-state index in [4.69, 9.17) is 5.11 Å². The molecule has 0 aliphatic carbocycles. The molecule has 0 radical (unpaired) electrons. The summed E-state index contributed by atoms with van der Waals surface area (Å²) in [5.41, 5.74) is 2.08. The van der Waals surface area contributed by atoms with Crippen molar-refractivity contribution in [1.82, 2.24) is 15.5 Å². The van der Waals surface area contributed by atoms with Crippen LogP contribution in [0.2, 0.25) is 0 Å². The lowest BCUT2D eigenvalue weighted by atomic mass is 10.0. The first kappa shape index (κ1) is 14.0. The van der Waals surface area contributed by atoms with Gasteiger partial charge in [-0.2, -0.15) is 5.10 Å². The van der Waals surface area contributed by atoms with Gasteiger partial charge in [0.2, 0.25) is 0 Å². The highest BCUT2D eigenvalue weighted by Gasteiger charge is 2.22. The molecule has 1 amide bonds. The van der Waals surface area contributed by atoms with Crippen LogP contribution in [0, 0.1) is 12.8 Å². The van der Waals surface area contributed by atoms with Crippen LogP contribution in [0.5, 0.6) is 0 Å². The highest BCUT2D eigenvalue weighted by atomic mass is 16.4. The number of hydrogen-bond donors (Lipinski definition) is 3. The number of aliphatic carboxylic acids is 1. The maximum atomic E-state index is 12.3. The Labute approximate surface area is 116 Å². The van der Waals surface area contributed by atoms with Gasteiger partial charge in [-0.1, -0.05) is 0 Å². The highest BCUT2D eigenvalue weighted by Crippen LogP contribution is 2.19. The average Bonchev–Trinajstić information content (AvgIpc) is 2.84. The Morgan fingerprint density at radius 3 is 2.70 bits per heavy atom. The zero-order chi connectivity index (χ0) is 14.9. The number of amides is 1. The predicted molar refractivity (Wildman–Crippen MR) is 74.6 cm³/mol. The number of H-pyrrole nitrogens is 1. The Bertz CT molecular complexity index is 663. The van der Waals surface area contributed by atoms with E-state index < -0.39 is 17.9 Å². The molecule has 0 bridgehead atoms. The van der Waals surface area contributed by atoms with E-state index in [9.17, 15) is 9.59 Å². The summed E-state index contributed by atoms with van der Waals surface area (Å²) in [5.74, 6) is -1.89. The van der Waals surface area contributed by atoms with Crippen molar-refractivity contribution in [3.05, 3.63) is 29.5 Å². The van der Waals surface area contributed by atoms with E-state index in [1.807, 2.05) is 13.0 Å². The van der Waals surface area contributed by atoms with E-state index >= 15 is 0 Å². The summed E-state index contributed by atoms with van der Waals surface area (Å²) >= 11 is 0.